The van der Waals surface area contributed by atoms with E-state index in [0.717, 1.165) is 0 Å². The number of aromatic nitrogens is 1. The molecule has 1 rings (SSSR count). The van der Waals surface area contributed by atoms with Gasteiger partial charge in [0, 0.05) is 11.4 Å². The first-order chi connectivity index (χ1) is 7.13. The zero-order valence-corrected chi connectivity index (χ0v) is 9.85. The summed E-state index contributed by atoms with van der Waals surface area (Å²) < 4.78 is 35.2. The van der Waals surface area contributed by atoms with Crippen molar-refractivity contribution in [2.45, 2.75) is 11.8 Å². The normalized spacial score (nSPS) is 10.5. The van der Waals surface area contributed by atoms with E-state index in [1.54, 1.807) is 0 Å². The lowest BCUT2D eigenvalue weighted by molar-refractivity contribution is 0.145. The van der Waals surface area contributed by atoms with Crippen LogP contribution in [-0.2, 0) is 5.33 Å². The fourth-order valence-corrected chi connectivity index (χ4v) is 1.59. The summed E-state index contributed by atoms with van der Waals surface area (Å²) in [4.78, 5) is 3.91. The lowest BCUT2D eigenvalue weighted by Gasteiger charge is -2.12. The number of alkyl halides is 3. The molecule has 0 spiro atoms. The lowest BCUT2D eigenvalue weighted by atomic mass is 10.2. The number of methoxy groups -OCH3 is 2. The smallest absolute Gasteiger partial charge is 0.269 e. The SMILES string of the molecule is COc1cc(OC)c(C(F)F)c(CBr)n1. The summed E-state index contributed by atoms with van der Waals surface area (Å²) in [6.45, 7) is 0. The van der Waals surface area contributed by atoms with Crippen LogP contribution in [-0.4, -0.2) is 19.2 Å². The minimum Gasteiger partial charge on any atom is -0.496 e. The average Bonchev–Trinajstić information content (AvgIpc) is 2.26. The highest BCUT2D eigenvalue weighted by molar-refractivity contribution is 9.08. The molecule has 0 bridgehead atoms. The molecule has 6 heteroatoms. The predicted octanol–water partition coefficient (Wildman–Crippen LogP) is 2.93. The quantitative estimate of drug-likeness (QED) is 0.796. The molecule has 3 nitrogen and oxygen atoms in total. The molecule has 0 N–H and O–H groups in total. The third-order valence-corrected chi connectivity index (χ3v) is 2.38. The maximum absolute atomic E-state index is 12.7. The third kappa shape index (κ3) is 2.56. The Kier molecular flexibility index (Phi) is 4.26. The highest BCUT2D eigenvalue weighted by Gasteiger charge is 2.21. The first-order valence-electron chi connectivity index (χ1n) is 4.10. The number of hydrogen-bond donors (Lipinski definition) is 0. The van der Waals surface area contributed by atoms with E-state index in [1.165, 1.54) is 20.3 Å². The zero-order valence-electron chi connectivity index (χ0n) is 8.26. The van der Waals surface area contributed by atoms with Crippen molar-refractivity contribution in [1.29, 1.82) is 0 Å². The van der Waals surface area contributed by atoms with E-state index in [0.29, 0.717) is 0 Å². The van der Waals surface area contributed by atoms with Gasteiger partial charge < -0.3 is 9.47 Å². The van der Waals surface area contributed by atoms with Gasteiger partial charge in [-0.25, -0.2) is 13.8 Å². The molecule has 0 aliphatic heterocycles. The molecule has 0 unspecified atom stereocenters. The highest BCUT2D eigenvalue weighted by Crippen LogP contribution is 2.34. The summed E-state index contributed by atoms with van der Waals surface area (Å²) in [7, 11) is 2.75. The van der Waals surface area contributed by atoms with Crippen molar-refractivity contribution in [2.75, 3.05) is 14.2 Å². The fraction of sp³-hybridized carbons (Fsp3) is 0.444. The molecule has 0 amide bonds. The van der Waals surface area contributed by atoms with Crippen LogP contribution < -0.4 is 9.47 Å². The molecular weight excluding hydrogens is 272 g/mol. The average molecular weight is 282 g/mol. The highest BCUT2D eigenvalue weighted by atomic mass is 79.9. The van der Waals surface area contributed by atoms with Gasteiger partial charge in [-0.3, -0.25) is 0 Å². The molecule has 0 aliphatic rings. The van der Waals surface area contributed by atoms with Crippen molar-refractivity contribution in [3.8, 4) is 11.6 Å². The van der Waals surface area contributed by atoms with Gasteiger partial charge in [-0.05, 0) is 0 Å². The molecule has 1 heterocycles. The number of halogens is 3. The van der Waals surface area contributed by atoms with Crippen LogP contribution in [0.4, 0.5) is 8.78 Å². The predicted molar refractivity (Wildman–Crippen MR) is 54.9 cm³/mol. The third-order valence-electron chi connectivity index (χ3n) is 1.85. The molecule has 0 saturated carbocycles. The Balaban J connectivity index is 3.32. The van der Waals surface area contributed by atoms with Gasteiger partial charge in [0.25, 0.3) is 6.43 Å². The Bertz CT molecular complexity index is 322. The Morgan fingerprint density at radius 2 is 2.07 bits per heavy atom. The van der Waals surface area contributed by atoms with Crippen molar-refractivity contribution in [2.24, 2.45) is 0 Å². The minimum atomic E-state index is -2.62. The van der Waals surface area contributed by atoms with Crippen molar-refractivity contribution in [3.63, 3.8) is 0 Å². The second kappa shape index (κ2) is 5.25. The van der Waals surface area contributed by atoms with Gasteiger partial charge in [0.15, 0.2) is 0 Å². The Hall–Kier alpha value is -0.910. The Labute approximate surface area is 94.5 Å². The number of rotatable bonds is 4. The number of ether oxygens (including phenoxy) is 2. The zero-order chi connectivity index (χ0) is 11.4. The molecule has 0 aliphatic carbocycles. The van der Waals surface area contributed by atoms with Crippen LogP contribution in [0.15, 0.2) is 6.07 Å². The summed E-state index contributed by atoms with van der Waals surface area (Å²) in [6, 6.07) is 1.34. The molecule has 84 valence electrons. The second-order valence-electron chi connectivity index (χ2n) is 2.66. The van der Waals surface area contributed by atoms with Gasteiger partial charge in [-0.2, -0.15) is 0 Å². The van der Waals surface area contributed by atoms with Crippen LogP contribution >= 0.6 is 15.9 Å². The monoisotopic (exact) mass is 281 g/mol. The largest absolute Gasteiger partial charge is 0.496 e. The molecular formula is C9H10BrF2NO2. The van der Waals surface area contributed by atoms with Gasteiger partial charge >= 0.3 is 0 Å². The Morgan fingerprint density at radius 3 is 2.47 bits per heavy atom. The molecule has 0 atom stereocenters. The summed E-state index contributed by atoms with van der Waals surface area (Å²) >= 11 is 3.10. The van der Waals surface area contributed by atoms with Crippen LogP contribution in [0.2, 0.25) is 0 Å². The topological polar surface area (TPSA) is 31.4 Å². The van der Waals surface area contributed by atoms with Crippen molar-refractivity contribution in [1.82, 2.24) is 4.98 Å². The van der Waals surface area contributed by atoms with Gasteiger partial charge in [-0.15, -0.1) is 0 Å². The van der Waals surface area contributed by atoms with E-state index in [-0.39, 0.29) is 28.2 Å². The van der Waals surface area contributed by atoms with Gasteiger partial charge in [0.1, 0.15) is 5.75 Å². The van der Waals surface area contributed by atoms with E-state index in [2.05, 4.69) is 20.9 Å². The number of nitrogens with zero attached hydrogens (tertiary/aromatic N) is 1. The van der Waals surface area contributed by atoms with E-state index >= 15 is 0 Å². The maximum Gasteiger partial charge on any atom is 0.269 e. The van der Waals surface area contributed by atoms with E-state index in [9.17, 15) is 8.78 Å². The van der Waals surface area contributed by atoms with Crippen LogP contribution in [0, 0.1) is 0 Å². The van der Waals surface area contributed by atoms with Crippen LogP contribution in [0.25, 0.3) is 0 Å². The summed E-state index contributed by atoms with van der Waals surface area (Å²) in [5, 5.41) is 0.222. The van der Waals surface area contributed by atoms with Crippen LogP contribution in [0.1, 0.15) is 17.7 Å². The summed E-state index contributed by atoms with van der Waals surface area (Å²) in [5.74, 6) is 0.344. The second-order valence-corrected chi connectivity index (χ2v) is 3.22. The van der Waals surface area contributed by atoms with E-state index in [1.807, 2.05) is 0 Å². The van der Waals surface area contributed by atoms with E-state index < -0.39 is 6.43 Å². The summed E-state index contributed by atoms with van der Waals surface area (Å²) in [5.41, 5.74) is 0.0244. The van der Waals surface area contributed by atoms with Gasteiger partial charge in [0.2, 0.25) is 5.88 Å². The molecule has 0 fully saturated rings. The molecule has 15 heavy (non-hydrogen) atoms. The first-order valence-corrected chi connectivity index (χ1v) is 5.22. The lowest BCUT2D eigenvalue weighted by Crippen LogP contribution is -2.02. The molecule has 1 aromatic rings. The van der Waals surface area contributed by atoms with Crippen LogP contribution in [0.5, 0.6) is 11.6 Å². The summed E-state index contributed by atoms with van der Waals surface area (Å²) in [6.07, 6.45) is -2.62. The number of hydrogen-bond acceptors (Lipinski definition) is 3. The maximum atomic E-state index is 12.7. The van der Waals surface area contributed by atoms with Crippen molar-refractivity contribution >= 4 is 15.9 Å². The Morgan fingerprint density at radius 1 is 1.40 bits per heavy atom. The minimum absolute atomic E-state index is 0.0892. The molecule has 0 radical (unpaired) electrons. The molecule has 0 saturated heterocycles. The van der Waals surface area contributed by atoms with Gasteiger partial charge in [-0.1, -0.05) is 15.9 Å². The van der Waals surface area contributed by atoms with Crippen molar-refractivity contribution in [3.05, 3.63) is 17.3 Å². The number of pyridine rings is 1. The van der Waals surface area contributed by atoms with Gasteiger partial charge in [0.05, 0.1) is 25.5 Å². The molecule has 0 aromatic carbocycles. The molecule has 1 aromatic heterocycles. The first kappa shape index (κ1) is 12.2. The van der Waals surface area contributed by atoms with Crippen molar-refractivity contribution < 1.29 is 18.3 Å². The van der Waals surface area contributed by atoms with E-state index in [4.69, 9.17) is 9.47 Å². The van der Waals surface area contributed by atoms with Crippen LogP contribution in [0.3, 0.4) is 0 Å². The standard InChI is InChI=1S/C9H10BrF2NO2/c1-14-6-3-7(15-2)13-5(4-10)8(6)9(11)12/h3,9H,4H2,1-2H3. The fourth-order valence-electron chi connectivity index (χ4n) is 1.17.